The molecule has 1 N–H and O–H groups in total. The number of anilines is 1. The molecule has 1 amide bonds. The molecule has 0 atom stereocenters. The number of amides is 1. The first-order valence-corrected chi connectivity index (χ1v) is 9.81. The minimum atomic E-state index is -0.459. The fourth-order valence-electron chi connectivity index (χ4n) is 3.22. The molecule has 0 saturated heterocycles. The first-order chi connectivity index (χ1) is 13.6. The van der Waals surface area contributed by atoms with E-state index >= 15 is 0 Å². The predicted molar refractivity (Wildman–Crippen MR) is 106 cm³/mol. The van der Waals surface area contributed by atoms with Gasteiger partial charge in [-0.25, -0.2) is 4.79 Å². The molecule has 1 aliphatic carbocycles. The molecule has 3 rings (SSSR count). The summed E-state index contributed by atoms with van der Waals surface area (Å²) in [6, 6.07) is 3.21. The van der Waals surface area contributed by atoms with E-state index in [-0.39, 0.29) is 6.61 Å². The number of carbonyl (C=O) groups excluding carboxylic acids is 2. The van der Waals surface area contributed by atoms with Crippen LogP contribution in [-0.2, 0) is 22.4 Å². The van der Waals surface area contributed by atoms with Crippen LogP contribution in [0.3, 0.4) is 0 Å². The molecule has 8 heteroatoms. The van der Waals surface area contributed by atoms with Gasteiger partial charge in [-0.3, -0.25) is 4.79 Å². The number of carbonyl (C=O) groups is 2. The van der Waals surface area contributed by atoms with Crippen molar-refractivity contribution in [2.24, 2.45) is 0 Å². The average Bonchev–Trinajstić information content (AvgIpc) is 3.15. The second-order valence-electron chi connectivity index (χ2n) is 6.30. The third-order valence-corrected chi connectivity index (χ3v) is 5.65. The standard InChI is InChI=1S/C20H23NO6S/c1-24-15-8-12(9-16(25-2)19(15)26-3)21-18(22)10-27-20(23)14-11-28-17-7-5-4-6-13(14)17/h8-9,11H,4-7,10H2,1-3H3,(H,21,22). The number of aryl methyl sites for hydroxylation is 1. The molecule has 0 spiro atoms. The summed E-state index contributed by atoms with van der Waals surface area (Å²) in [6.07, 6.45) is 4.13. The number of hydrogen-bond donors (Lipinski definition) is 1. The van der Waals surface area contributed by atoms with Gasteiger partial charge in [-0.15, -0.1) is 11.3 Å². The van der Waals surface area contributed by atoms with E-state index in [4.69, 9.17) is 18.9 Å². The summed E-state index contributed by atoms with van der Waals surface area (Å²) >= 11 is 1.59. The van der Waals surface area contributed by atoms with Crippen LogP contribution in [0.4, 0.5) is 5.69 Å². The summed E-state index contributed by atoms with van der Waals surface area (Å²) in [5, 5.41) is 4.51. The highest BCUT2D eigenvalue weighted by Gasteiger charge is 2.22. The molecular formula is C20H23NO6S. The Morgan fingerprint density at radius 2 is 1.71 bits per heavy atom. The molecule has 0 fully saturated rings. The second-order valence-corrected chi connectivity index (χ2v) is 7.26. The fourth-order valence-corrected chi connectivity index (χ4v) is 4.34. The van der Waals surface area contributed by atoms with Gasteiger partial charge in [0.2, 0.25) is 5.75 Å². The van der Waals surface area contributed by atoms with E-state index in [0.717, 1.165) is 31.2 Å². The van der Waals surface area contributed by atoms with Crippen molar-refractivity contribution < 1.29 is 28.5 Å². The summed E-state index contributed by atoms with van der Waals surface area (Å²) in [5.41, 5.74) is 2.11. The monoisotopic (exact) mass is 405 g/mol. The van der Waals surface area contributed by atoms with Crippen molar-refractivity contribution in [2.45, 2.75) is 25.7 Å². The smallest absolute Gasteiger partial charge is 0.339 e. The van der Waals surface area contributed by atoms with Crippen LogP contribution in [0.15, 0.2) is 17.5 Å². The fraction of sp³-hybridized carbons (Fsp3) is 0.400. The molecule has 2 aromatic rings. The number of rotatable bonds is 7. The van der Waals surface area contributed by atoms with Gasteiger partial charge in [-0.1, -0.05) is 0 Å². The number of methoxy groups -OCH3 is 3. The number of benzene rings is 1. The van der Waals surface area contributed by atoms with E-state index in [0.29, 0.717) is 28.5 Å². The Balaban J connectivity index is 1.63. The average molecular weight is 405 g/mol. The van der Waals surface area contributed by atoms with Crippen LogP contribution < -0.4 is 19.5 Å². The number of ether oxygens (including phenoxy) is 4. The normalized spacial score (nSPS) is 12.7. The van der Waals surface area contributed by atoms with E-state index in [9.17, 15) is 9.59 Å². The molecule has 28 heavy (non-hydrogen) atoms. The molecule has 0 unspecified atom stereocenters. The van der Waals surface area contributed by atoms with E-state index in [2.05, 4.69) is 5.32 Å². The first kappa shape index (κ1) is 20.0. The molecule has 0 radical (unpaired) electrons. The van der Waals surface area contributed by atoms with Crippen LogP contribution in [-0.4, -0.2) is 39.8 Å². The maximum Gasteiger partial charge on any atom is 0.339 e. The van der Waals surface area contributed by atoms with Gasteiger partial charge in [-0.2, -0.15) is 0 Å². The SMILES string of the molecule is COc1cc(NC(=O)COC(=O)c2csc3c2CCCC3)cc(OC)c1OC. The lowest BCUT2D eigenvalue weighted by Gasteiger charge is -2.15. The topological polar surface area (TPSA) is 83.1 Å². The molecule has 1 aliphatic rings. The number of hydrogen-bond acceptors (Lipinski definition) is 7. The Bertz CT molecular complexity index is 851. The molecule has 1 heterocycles. The molecule has 150 valence electrons. The van der Waals surface area contributed by atoms with Crippen molar-refractivity contribution in [1.29, 1.82) is 0 Å². The Kier molecular flexibility index (Phi) is 6.41. The van der Waals surface area contributed by atoms with Gasteiger partial charge in [0.1, 0.15) is 0 Å². The Morgan fingerprint density at radius 3 is 2.36 bits per heavy atom. The highest BCUT2D eigenvalue weighted by molar-refractivity contribution is 7.10. The molecule has 0 aliphatic heterocycles. The minimum absolute atomic E-state index is 0.375. The maximum absolute atomic E-state index is 12.4. The van der Waals surface area contributed by atoms with Gasteiger partial charge >= 0.3 is 5.97 Å². The largest absolute Gasteiger partial charge is 0.493 e. The van der Waals surface area contributed by atoms with E-state index in [1.54, 1.807) is 23.5 Å². The maximum atomic E-state index is 12.4. The number of esters is 1. The number of fused-ring (bicyclic) bond motifs is 1. The summed E-state index contributed by atoms with van der Waals surface area (Å²) in [5.74, 6) is 0.348. The zero-order valence-electron chi connectivity index (χ0n) is 16.1. The van der Waals surface area contributed by atoms with Gasteiger partial charge in [0, 0.05) is 28.1 Å². The van der Waals surface area contributed by atoms with Gasteiger partial charge in [0.05, 0.1) is 26.9 Å². The molecule has 0 bridgehead atoms. The lowest BCUT2D eigenvalue weighted by Crippen LogP contribution is -2.21. The minimum Gasteiger partial charge on any atom is -0.493 e. The third-order valence-electron chi connectivity index (χ3n) is 4.56. The van der Waals surface area contributed by atoms with Gasteiger partial charge in [-0.05, 0) is 31.2 Å². The summed E-state index contributed by atoms with van der Waals surface area (Å²) < 4.78 is 21.0. The molecule has 1 aromatic heterocycles. The zero-order chi connectivity index (χ0) is 20.1. The molecule has 0 saturated carbocycles. The highest BCUT2D eigenvalue weighted by Crippen LogP contribution is 2.39. The van der Waals surface area contributed by atoms with Gasteiger partial charge in [0.25, 0.3) is 5.91 Å². The van der Waals surface area contributed by atoms with Crippen molar-refractivity contribution in [2.75, 3.05) is 33.3 Å². The zero-order valence-corrected chi connectivity index (χ0v) is 16.9. The number of nitrogens with one attached hydrogen (secondary N) is 1. The Morgan fingerprint density at radius 1 is 1.04 bits per heavy atom. The van der Waals surface area contributed by atoms with Crippen molar-refractivity contribution in [3.63, 3.8) is 0 Å². The predicted octanol–water partition coefficient (Wildman–Crippen LogP) is 3.45. The van der Waals surface area contributed by atoms with Crippen LogP contribution in [0, 0.1) is 0 Å². The van der Waals surface area contributed by atoms with Crippen LogP contribution >= 0.6 is 11.3 Å². The summed E-state index contributed by atoms with van der Waals surface area (Å²) in [4.78, 5) is 25.8. The lowest BCUT2D eigenvalue weighted by molar-refractivity contribution is -0.119. The first-order valence-electron chi connectivity index (χ1n) is 8.93. The highest BCUT2D eigenvalue weighted by atomic mass is 32.1. The van der Waals surface area contributed by atoms with Gasteiger partial charge in [0.15, 0.2) is 18.1 Å². The summed E-state index contributed by atoms with van der Waals surface area (Å²) in [6.45, 7) is -0.375. The Hall–Kier alpha value is -2.74. The molecule has 7 nitrogen and oxygen atoms in total. The van der Waals surface area contributed by atoms with Crippen LogP contribution in [0.25, 0.3) is 0 Å². The Labute approximate surface area is 167 Å². The van der Waals surface area contributed by atoms with Crippen molar-refractivity contribution in [3.8, 4) is 17.2 Å². The third kappa shape index (κ3) is 4.22. The van der Waals surface area contributed by atoms with Crippen LogP contribution in [0.1, 0.15) is 33.6 Å². The van der Waals surface area contributed by atoms with Gasteiger partial charge < -0.3 is 24.3 Å². The van der Waals surface area contributed by atoms with E-state index < -0.39 is 11.9 Å². The van der Waals surface area contributed by atoms with Crippen LogP contribution in [0.5, 0.6) is 17.2 Å². The second kappa shape index (κ2) is 8.97. The quantitative estimate of drug-likeness (QED) is 0.711. The van der Waals surface area contributed by atoms with E-state index in [1.165, 1.54) is 26.2 Å². The molecule has 1 aromatic carbocycles. The van der Waals surface area contributed by atoms with Crippen molar-refractivity contribution >= 4 is 28.9 Å². The van der Waals surface area contributed by atoms with Crippen molar-refractivity contribution in [3.05, 3.63) is 33.5 Å². The summed E-state index contributed by atoms with van der Waals surface area (Å²) in [7, 11) is 4.49. The number of thiophene rings is 1. The van der Waals surface area contributed by atoms with Crippen molar-refractivity contribution in [1.82, 2.24) is 0 Å². The van der Waals surface area contributed by atoms with Crippen LogP contribution in [0.2, 0.25) is 0 Å². The lowest BCUT2D eigenvalue weighted by atomic mass is 9.96. The molecular weight excluding hydrogens is 382 g/mol. The van der Waals surface area contributed by atoms with E-state index in [1.807, 2.05) is 5.38 Å².